The third kappa shape index (κ3) is 6.59. The number of hydrogen-bond acceptors (Lipinski definition) is 6. The van der Waals surface area contributed by atoms with Crippen molar-refractivity contribution in [2.75, 3.05) is 50.0 Å². The highest BCUT2D eigenvalue weighted by molar-refractivity contribution is 7.93. The van der Waals surface area contributed by atoms with Crippen molar-refractivity contribution in [3.05, 3.63) is 53.6 Å². The molecule has 34 heavy (non-hydrogen) atoms. The predicted octanol–water partition coefficient (Wildman–Crippen LogP) is 4.01. The second kappa shape index (κ2) is 11.2. The molecule has 1 fully saturated rings. The van der Waals surface area contributed by atoms with Gasteiger partial charge in [0.15, 0.2) is 0 Å². The molecule has 1 atom stereocenters. The molecule has 0 radical (unpaired) electrons. The van der Waals surface area contributed by atoms with Crippen molar-refractivity contribution in [1.82, 2.24) is 4.90 Å². The van der Waals surface area contributed by atoms with E-state index < -0.39 is 19.8 Å². The lowest BCUT2D eigenvalue weighted by Gasteiger charge is -2.28. The Morgan fingerprint density at radius 3 is 2.26 bits per heavy atom. The number of hydrogen-bond donors (Lipinski definition) is 1. The van der Waals surface area contributed by atoms with Crippen LogP contribution in [0.5, 0.6) is 0 Å². The van der Waals surface area contributed by atoms with Crippen LogP contribution in [0.15, 0.2) is 52.3 Å². The minimum atomic E-state index is -3.91. The Morgan fingerprint density at radius 2 is 1.71 bits per heavy atom. The summed E-state index contributed by atoms with van der Waals surface area (Å²) in [6.07, 6.45) is 2.83. The Balaban J connectivity index is 1.97. The molecule has 2 aromatic carbocycles. The lowest BCUT2D eigenvalue weighted by molar-refractivity contribution is 0.0384. The van der Waals surface area contributed by atoms with E-state index in [0.29, 0.717) is 36.8 Å². The highest BCUT2D eigenvalue weighted by atomic mass is 32.2. The first kappa shape index (κ1) is 26.7. The van der Waals surface area contributed by atoms with Gasteiger partial charge in [-0.25, -0.2) is 17.4 Å². The van der Waals surface area contributed by atoms with Crippen molar-refractivity contribution in [3.8, 4) is 0 Å². The van der Waals surface area contributed by atoms with E-state index in [1.54, 1.807) is 12.1 Å². The molecule has 2 aromatic rings. The second-order valence-electron chi connectivity index (χ2n) is 9.27. The molecule has 1 aliphatic rings. The second-order valence-corrected chi connectivity index (χ2v) is 13.3. The summed E-state index contributed by atoms with van der Waals surface area (Å²) in [7, 11) is -7.02. The molecular formula is C25H37N3O4S2. The van der Waals surface area contributed by atoms with Crippen LogP contribution in [0.3, 0.4) is 0 Å². The number of anilines is 1. The SMILES string of the molecule is CCc1ccc(N(CC(C)C)S(=O)(=O)c2ccc(CCN3CCOCC3)c(S(C)(=N)=O)c2)cc1. The van der Waals surface area contributed by atoms with Crippen molar-refractivity contribution >= 4 is 25.4 Å². The van der Waals surface area contributed by atoms with E-state index in [1.165, 1.54) is 16.6 Å². The molecule has 7 nitrogen and oxygen atoms in total. The minimum absolute atomic E-state index is 0.0691. The maximum absolute atomic E-state index is 13.8. The van der Waals surface area contributed by atoms with E-state index in [-0.39, 0.29) is 10.8 Å². The first-order valence-corrected chi connectivity index (χ1v) is 15.2. The third-order valence-corrected chi connectivity index (χ3v) is 9.02. The summed E-state index contributed by atoms with van der Waals surface area (Å²) in [5.74, 6) is 0.111. The van der Waals surface area contributed by atoms with Gasteiger partial charge in [0.05, 0.1) is 38.4 Å². The number of sulfonamides is 1. The van der Waals surface area contributed by atoms with Crippen LogP contribution >= 0.6 is 0 Å². The van der Waals surface area contributed by atoms with Crippen LogP contribution in [0, 0.1) is 10.7 Å². The molecule has 0 aromatic heterocycles. The molecule has 1 saturated heterocycles. The van der Waals surface area contributed by atoms with Gasteiger partial charge in [-0.2, -0.15) is 0 Å². The van der Waals surface area contributed by atoms with E-state index in [4.69, 9.17) is 9.52 Å². The molecule has 1 N–H and O–H groups in total. The Kier molecular flexibility index (Phi) is 8.78. The Morgan fingerprint density at radius 1 is 1.06 bits per heavy atom. The molecule has 0 spiro atoms. The van der Waals surface area contributed by atoms with Crippen LogP contribution < -0.4 is 4.31 Å². The molecule has 0 saturated carbocycles. The average molecular weight is 508 g/mol. The lowest BCUT2D eigenvalue weighted by atomic mass is 10.1. The molecule has 0 amide bonds. The van der Waals surface area contributed by atoms with Crippen molar-refractivity contribution in [2.24, 2.45) is 5.92 Å². The number of nitrogens with one attached hydrogen (secondary N) is 1. The summed E-state index contributed by atoms with van der Waals surface area (Å²) in [6, 6.07) is 12.3. The van der Waals surface area contributed by atoms with Gasteiger partial charge in [-0.1, -0.05) is 39.0 Å². The van der Waals surface area contributed by atoms with Gasteiger partial charge < -0.3 is 4.74 Å². The topological polar surface area (TPSA) is 90.8 Å². The molecular weight excluding hydrogens is 470 g/mol. The Bertz CT molecular complexity index is 1170. The quantitative estimate of drug-likeness (QED) is 0.525. The molecule has 1 unspecified atom stereocenters. The van der Waals surface area contributed by atoms with E-state index in [9.17, 15) is 12.6 Å². The van der Waals surface area contributed by atoms with Crippen LogP contribution in [0.2, 0.25) is 0 Å². The van der Waals surface area contributed by atoms with Crippen molar-refractivity contribution < 1.29 is 17.4 Å². The van der Waals surface area contributed by atoms with Gasteiger partial charge in [0.1, 0.15) is 0 Å². The van der Waals surface area contributed by atoms with Crippen molar-refractivity contribution in [2.45, 2.75) is 43.4 Å². The van der Waals surface area contributed by atoms with Gasteiger partial charge in [-0.3, -0.25) is 9.21 Å². The number of benzene rings is 2. The predicted molar refractivity (Wildman–Crippen MR) is 138 cm³/mol. The lowest BCUT2D eigenvalue weighted by Crippen LogP contribution is -2.37. The first-order valence-electron chi connectivity index (χ1n) is 11.8. The molecule has 1 aliphatic heterocycles. The van der Waals surface area contributed by atoms with E-state index in [1.807, 2.05) is 38.1 Å². The highest BCUT2D eigenvalue weighted by Gasteiger charge is 2.27. The maximum atomic E-state index is 13.8. The fourth-order valence-corrected chi connectivity index (χ4v) is 6.82. The van der Waals surface area contributed by atoms with Gasteiger partial charge >= 0.3 is 0 Å². The maximum Gasteiger partial charge on any atom is 0.264 e. The molecule has 188 valence electrons. The first-order chi connectivity index (χ1) is 16.0. The number of nitrogens with zero attached hydrogens (tertiary/aromatic N) is 2. The van der Waals surface area contributed by atoms with Crippen molar-refractivity contribution in [1.29, 1.82) is 4.78 Å². The fourth-order valence-electron chi connectivity index (χ4n) is 4.07. The summed E-state index contributed by atoms with van der Waals surface area (Å²) in [5, 5.41) is 0. The Labute approximate surface area is 205 Å². The monoisotopic (exact) mass is 507 g/mol. The molecule has 9 heteroatoms. The smallest absolute Gasteiger partial charge is 0.264 e. The third-order valence-electron chi connectivity index (χ3n) is 6.01. The minimum Gasteiger partial charge on any atom is -0.379 e. The average Bonchev–Trinajstić information content (AvgIpc) is 2.81. The summed E-state index contributed by atoms with van der Waals surface area (Å²) < 4.78 is 55.5. The summed E-state index contributed by atoms with van der Waals surface area (Å²) in [6.45, 7) is 10.2. The number of rotatable bonds is 10. The van der Waals surface area contributed by atoms with Crippen molar-refractivity contribution in [3.63, 3.8) is 0 Å². The standard InChI is InChI=1S/C25H37N3O4S2/c1-5-21-6-9-23(10-7-21)28(19-20(2)3)34(30,31)24-11-8-22(25(18-24)33(4,26)29)12-13-27-14-16-32-17-15-27/h6-11,18,20,26H,5,12-17,19H2,1-4H3. The number of ether oxygens (including phenoxy) is 1. The zero-order chi connectivity index (χ0) is 24.9. The summed E-state index contributed by atoms with van der Waals surface area (Å²) >= 11 is 0. The van der Waals surface area contributed by atoms with Gasteiger partial charge in [0.2, 0.25) is 0 Å². The normalized spacial score (nSPS) is 17.0. The van der Waals surface area contributed by atoms with Gasteiger partial charge in [-0.05, 0) is 54.2 Å². The molecule has 0 aliphatic carbocycles. The Hall–Kier alpha value is -1.94. The summed E-state index contributed by atoms with van der Waals surface area (Å²) in [4.78, 5) is 2.64. The zero-order valence-electron chi connectivity index (χ0n) is 20.6. The van der Waals surface area contributed by atoms with Crippen LogP contribution in [-0.4, -0.2) is 63.2 Å². The van der Waals surface area contributed by atoms with Crippen LogP contribution in [0.1, 0.15) is 31.9 Å². The van der Waals surface area contributed by atoms with E-state index >= 15 is 0 Å². The number of aryl methyl sites for hydroxylation is 1. The van der Waals surface area contributed by atoms with Gasteiger partial charge in [0, 0.05) is 32.4 Å². The van der Waals surface area contributed by atoms with Crippen LogP contribution in [0.25, 0.3) is 0 Å². The van der Waals surface area contributed by atoms with Crippen LogP contribution in [-0.2, 0) is 37.3 Å². The zero-order valence-corrected chi connectivity index (χ0v) is 22.3. The molecule has 1 heterocycles. The largest absolute Gasteiger partial charge is 0.379 e. The van der Waals surface area contributed by atoms with Crippen LogP contribution in [0.4, 0.5) is 5.69 Å². The number of morpholine rings is 1. The van der Waals surface area contributed by atoms with E-state index in [0.717, 1.165) is 37.2 Å². The van der Waals surface area contributed by atoms with Gasteiger partial charge in [-0.15, -0.1) is 0 Å². The highest BCUT2D eigenvalue weighted by Crippen LogP contribution is 2.29. The molecule has 3 rings (SSSR count). The summed E-state index contributed by atoms with van der Waals surface area (Å²) in [5.41, 5.74) is 2.50. The fraction of sp³-hybridized carbons (Fsp3) is 0.520. The molecule has 0 bridgehead atoms. The van der Waals surface area contributed by atoms with E-state index in [2.05, 4.69) is 11.8 Å². The van der Waals surface area contributed by atoms with Gasteiger partial charge in [0.25, 0.3) is 10.0 Å².